The van der Waals surface area contributed by atoms with Crippen LogP contribution in [0, 0.1) is 18.3 Å². The Bertz CT molecular complexity index is 1500. The Morgan fingerprint density at radius 3 is 2.59 bits per heavy atom. The van der Waals surface area contributed by atoms with Gasteiger partial charge in [0, 0.05) is 18.1 Å². The van der Waals surface area contributed by atoms with Crippen molar-refractivity contribution in [3.63, 3.8) is 0 Å². The number of hydrogen-bond donors (Lipinski definition) is 2. The Kier molecular flexibility index (Phi) is 6.88. The Morgan fingerprint density at radius 1 is 1.22 bits per heavy atom. The molecule has 1 atom stereocenters. The molecule has 13 heteroatoms. The maximum Gasteiger partial charge on any atom is 0.503 e. The number of hydrogen-bond acceptors (Lipinski definition) is 8. The van der Waals surface area contributed by atoms with Crippen LogP contribution in [0.1, 0.15) is 37.3 Å². The number of aromatic nitrogens is 3. The molecule has 1 aliphatic carbocycles. The number of carboxylic acids is 1. The highest BCUT2D eigenvalue weighted by Crippen LogP contribution is 2.45. The van der Waals surface area contributed by atoms with E-state index < -0.39 is 37.7 Å². The van der Waals surface area contributed by atoms with Gasteiger partial charge in [-0.15, -0.1) is 11.3 Å². The second-order valence-electron chi connectivity index (χ2n) is 9.43. The molecule has 0 amide bonds. The fourth-order valence-corrected chi connectivity index (χ4v) is 5.84. The molecule has 0 aliphatic heterocycles. The summed E-state index contributed by atoms with van der Waals surface area (Å²) < 4.78 is 62.1. The third kappa shape index (κ3) is 5.52. The fourth-order valence-electron chi connectivity index (χ4n) is 4.22. The number of carboxylic acid groups (broad SMARTS) is 1. The maximum absolute atomic E-state index is 12.9. The quantitative estimate of drug-likeness (QED) is 0.365. The number of nitrogens with one attached hydrogen (secondary N) is 1. The van der Waals surface area contributed by atoms with Crippen LogP contribution in [0.3, 0.4) is 0 Å². The highest BCUT2D eigenvalue weighted by atomic mass is 32.2. The number of thiazole rings is 1. The molecule has 4 rings (SSSR count). The number of halogens is 3. The molecular formula is C24H23F3N4O4S2. The third-order valence-electron chi connectivity index (χ3n) is 6.10. The molecule has 37 heavy (non-hydrogen) atoms. The van der Waals surface area contributed by atoms with Gasteiger partial charge in [0.25, 0.3) is 9.84 Å². The molecule has 2 N–H and O–H groups in total. The van der Waals surface area contributed by atoms with Gasteiger partial charge < -0.3 is 10.4 Å². The van der Waals surface area contributed by atoms with Gasteiger partial charge in [-0.2, -0.15) is 13.2 Å². The van der Waals surface area contributed by atoms with Gasteiger partial charge in [0.15, 0.2) is 5.03 Å². The van der Waals surface area contributed by atoms with Crippen molar-refractivity contribution in [3.05, 3.63) is 53.3 Å². The summed E-state index contributed by atoms with van der Waals surface area (Å²) in [5.74, 6) is -1.58. The first-order valence-electron chi connectivity index (χ1n) is 11.1. The number of nitrogens with zero attached hydrogens (tertiary/aromatic N) is 3. The number of allylic oxidation sites excluding steroid dienone is 2. The van der Waals surface area contributed by atoms with Crippen molar-refractivity contribution in [2.45, 2.75) is 44.1 Å². The van der Waals surface area contributed by atoms with E-state index >= 15 is 0 Å². The number of aliphatic carboxylic acids is 1. The van der Waals surface area contributed by atoms with Gasteiger partial charge in [-0.1, -0.05) is 26.0 Å². The van der Waals surface area contributed by atoms with Gasteiger partial charge in [-0.3, -0.25) is 4.79 Å². The summed E-state index contributed by atoms with van der Waals surface area (Å²) in [6, 6.07) is 6.05. The Hall–Kier alpha value is -3.32. The van der Waals surface area contributed by atoms with E-state index in [-0.39, 0.29) is 5.95 Å². The fraction of sp³-hybridized carbons (Fsp3) is 0.333. The monoisotopic (exact) mass is 552 g/mol. The lowest BCUT2D eigenvalue weighted by Crippen LogP contribution is -2.33. The Morgan fingerprint density at radius 2 is 1.95 bits per heavy atom. The average molecular weight is 553 g/mol. The molecule has 0 saturated carbocycles. The van der Waals surface area contributed by atoms with Crippen LogP contribution in [-0.4, -0.2) is 40.0 Å². The molecule has 0 bridgehead atoms. The highest BCUT2D eigenvalue weighted by Gasteiger charge is 2.48. The van der Waals surface area contributed by atoms with Crippen LogP contribution in [0.2, 0.25) is 0 Å². The summed E-state index contributed by atoms with van der Waals surface area (Å²) in [6.07, 6.45) is 5.58. The van der Waals surface area contributed by atoms with E-state index in [2.05, 4.69) is 20.3 Å². The molecule has 1 aliphatic rings. The molecule has 2 heterocycles. The summed E-state index contributed by atoms with van der Waals surface area (Å²) in [4.78, 5) is 24.3. The molecule has 8 nitrogen and oxygen atoms in total. The van der Waals surface area contributed by atoms with Crippen LogP contribution in [-0.2, 0) is 14.6 Å². The largest absolute Gasteiger partial charge is 0.503 e. The summed E-state index contributed by atoms with van der Waals surface area (Å²) in [5, 5.41) is 11.9. The molecule has 0 radical (unpaired) electrons. The van der Waals surface area contributed by atoms with Gasteiger partial charge in [0.2, 0.25) is 5.95 Å². The van der Waals surface area contributed by atoms with Gasteiger partial charge in [-0.05, 0) is 60.1 Å². The van der Waals surface area contributed by atoms with E-state index in [1.165, 1.54) is 11.3 Å². The van der Waals surface area contributed by atoms with Crippen LogP contribution in [0.5, 0.6) is 0 Å². The second kappa shape index (κ2) is 9.53. The molecule has 0 fully saturated rings. The lowest BCUT2D eigenvalue weighted by molar-refractivity contribution is -0.145. The normalized spacial score (nSPS) is 17.8. The lowest BCUT2D eigenvalue weighted by atomic mass is 9.69. The molecular weight excluding hydrogens is 529 g/mol. The standard InChI is InChI=1S/C24H23F3N4O4S2/c1-13-8-15(18-12-29-20(36-18)14-4-5-17(21(32)33)23(2,3)11-14)10-16(9-13)30-22-28-7-6-19(31-22)37(34,35)24(25,26)27/h4,6-10,12,17H,5,11H2,1-3H3,(H,32,33)(H,28,30,31). The summed E-state index contributed by atoms with van der Waals surface area (Å²) in [7, 11) is -5.61. The minimum atomic E-state index is -5.61. The number of carbonyl (C=O) groups is 1. The zero-order valence-electron chi connectivity index (χ0n) is 20.0. The minimum Gasteiger partial charge on any atom is -0.481 e. The highest BCUT2D eigenvalue weighted by molar-refractivity contribution is 7.92. The van der Waals surface area contributed by atoms with E-state index in [1.807, 2.05) is 32.9 Å². The number of sulfone groups is 1. The summed E-state index contributed by atoms with van der Waals surface area (Å²) in [5.41, 5.74) is -2.84. The van der Waals surface area contributed by atoms with Crippen LogP contribution in [0.4, 0.5) is 24.8 Å². The van der Waals surface area contributed by atoms with Crippen molar-refractivity contribution in [3.8, 4) is 10.4 Å². The van der Waals surface area contributed by atoms with Crippen molar-refractivity contribution < 1.29 is 31.5 Å². The van der Waals surface area contributed by atoms with E-state index in [1.54, 1.807) is 18.3 Å². The molecule has 1 unspecified atom stereocenters. The van der Waals surface area contributed by atoms with E-state index in [0.29, 0.717) is 24.6 Å². The van der Waals surface area contributed by atoms with Crippen LogP contribution in [0.15, 0.2) is 47.8 Å². The first kappa shape index (κ1) is 26.7. The van der Waals surface area contributed by atoms with Crippen molar-refractivity contribution >= 4 is 44.4 Å². The molecule has 0 saturated heterocycles. The zero-order chi connectivity index (χ0) is 27.2. The number of alkyl halides is 3. The molecule has 2 aromatic heterocycles. The summed E-state index contributed by atoms with van der Waals surface area (Å²) in [6.45, 7) is 5.70. The zero-order valence-corrected chi connectivity index (χ0v) is 21.6. The Balaban J connectivity index is 1.60. The van der Waals surface area contributed by atoms with E-state index in [9.17, 15) is 31.5 Å². The van der Waals surface area contributed by atoms with Crippen LogP contribution in [0.25, 0.3) is 16.0 Å². The van der Waals surface area contributed by atoms with Crippen molar-refractivity contribution in [1.29, 1.82) is 0 Å². The lowest BCUT2D eigenvalue weighted by Gasteiger charge is -2.35. The molecule has 196 valence electrons. The van der Waals surface area contributed by atoms with Gasteiger partial charge in [-0.25, -0.2) is 23.4 Å². The Labute approximate surface area is 215 Å². The predicted molar refractivity (Wildman–Crippen MR) is 133 cm³/mol. The smallest absolute Gasteiger partial charge is 0.481 e. The first-order valence-corrected chi connectivity index (χ1v) is 13.4. The SMILES string of the molecule is Cc1cc(Nc2nccc(S(=O)(=O)C(F)(F)F)n2)cc(-c2cnc(C3=CCC(C(=O)O)C(C)(C)C3)s2)c1. The van der Waals surface area contributed by atoms with Crippen molar-refractivity contribution in [2.75, 3.05) is 5.32 Å². The second-order valence-corrected chi connectivity index (χ2v) is 12.3. The number of benzene rings is 1. The third-order valence-corrected chi connectivity index (χ3v) is 8.61. The molecule has 1 aromatic carbocycles. The van der Waals surface area contributed by atoms with Gasteiger partial charge in [0.1, 0.15) is 5.01 Å². The van der Waals surface area contributed by atoms with Gasteiger partial charge in [0.05, 0.1) is 10.8 Å². The van der Waals surface area contributed by atoms with Gasteiger partial charge >= 0.3 is 11.5 Å². The van der Waals surface area contributed by atoms with E-state index in [4.69, 9.17) is 0 Å². The average Bonchev–Trinajstić information content (AvgIpc) is 3.27. The molecule has 0 spiro atoms. The predicted octanol–water partition coefficient (Wildman–Crippen LogP) is 5.85. The number of aryl methyl sites for hydroxylation is 1. The van der Waals surface area contributed by atoms with Crippen LogP contribution < -0.4 is 5.32 Å². The minimum absolute atomic E-state index is 0.297. The maximum atomic E-state index is 12.9. The number of rotatable bonds is 6. The van der Waals surface area contributed by atoms with E-state index in [0.717, 1.165) is 32.8 Å². The topological polar surface area (TPSA) is 122 Å². The number of anilines is 2. The first-order chi connectivity index (χ1) is 17.2. The molecule has 3 aromatic rings. The van der Waals surface area contributed by atoms with Crippen LogP contribution >= 0.6 is 11.3 Å². The summed E-state index contributed by atoms with van der Waals surface area (Å²) >= 11 is 1.44. The van der Waals surface area contributed by atoms with Crippen molar-refractivity contribution in [2.24, 2.45) is 11.3 Å². The van der Waals surface area contributed by atoms with Crippen molar-refractivity contribution in [1.82, 2.24) is 15.0 Å².